The van der Waals surface area contributed by atoms with Gasteiger partial charge in [-0.15, -0.1) is 0 Å². The molecule has 1 N–H and O–H groups in total. The second-order valence-corrected chi connectivity index (χ2v) is 6.62. The summed E-state index contributed by atoms with van der Waals surface area (Å²) in [6.07, 6.45) is 3.13. The lowest BCUT2D eigenvalue weighted by Gasteiger charge is -2.27. The molecule has 0 amide bonds. The number of benzene rings is 2. The Morgan fingerprint density at radius 2 is 1.92 bits per heavy atom. The van der Waals surface area contributed by atoms with E-state index in [-0.39, 0.29) is 0 Å². The van der Waals surface area contributed by atoms with Gasteiger partial charge in [0, 0.05) is 47.8 Å². The van der Waals surface area contributed by atoms with Crippen molar-refractivity contribution >= 4 is 21.8 Å². The normalized spacial score (nSPS) is 15.0. The number of para-hydroxylation sites is 2. The SMILES string of the molecule is c1ccc2ncc(CN3CCc4c([nH]c5ccccc45)C3)cc2c1. The minimum absolute atomic E-state index is 0.951. The second kappa shape index (κ2) is 5.46. The quantitative estimate of drug-likeness (QED) is 0.599. The Morgan fingerprint density at radius 3 is 2.92 bits per heavy atom. The van der Waals surface area contributed by atoms with Crippen molar-refractivity contribution in [2.24, 2.45) is 0 Å². The summed E-state index contributed by atoms with van der Waals surface area (Å²) < 4.78 is 0. The van der Waals surface area contributed by atoms with E-state index >= 15 is 0 Å². The van der Waals surface area contributed by atoms with E-state index < -0.39 is 0 Å². The number of nitrogens with zero attached hydrogens (tertiary/aromatic N) is 2. The predicted octanol–water partition coefficient (Wildman–Crippen LogP) is 4.27. The molecule has 3 nitrogen and oxygen atoms in total. The highest BCUT2D eigenvalue weighted by Gasteiger charge is 2.20. The van der Waals surface area contributed by atoms with Crippen molar-refractivity contribution < 1.29 is 0 Å². The maximum atomic E-state index is 4.59. The molecule has 0 unspecified atom stereocenters. The van der Waals surface area contributed by atoms with Gasteiger partial charge in [0.2, 0.25) is 0 Å². The Labute approximate surface area is 140 Å². The van der Waals surface area contributed by atoms with E-state index in [9.17, 15) is 0 Å². The Bertz CT molecular complexity index is 1030. The number of hydrogen-bond acceptors (Lipinski definition) is 2. The molecule has 118 valence electrons. The van der Waals surface area contributed by atoms with Crippen LogP contribution in [0.25, 0.3) is 21.8 Å². The Kier molecular flexibility index (Phi) is 3.13. The minimum Gasteiger partial charge on any atom is -0.357 e. The first-order chi connectivity index (χ1) is 11.9. The number of rotatable bonds is 2. The van der Waals surface area contributed by atoms with Gasteiger partial charge in [-0.05, 0) is 35.7 Å². The molecule has 4 aromatic rings. The molecule has 24 heavy (non-hydrogen) atoms. The molecule has 0 spiro atoms. The summed E-state index contributed by atoms with van der Waals surface area (Å²) in [5, 5.41) is 2.61. The molecule has 3 heteroatoms. The van der Waals surface area contributed by atoms with Crippen LogP contribution in [0.4, 0.5) is 0 Å². The van der Waals surface area contributed by atoms with Crippen molar-refractivity contribution in [3.05, 3.63) is 77.6 Å². The largest absolute Gasteiger partial charge is 0.357 e. The number of H-pyrrole nitrogens is 1. The van der Waals surface area contributed by atoms with Gasteiger partial charge < -0.3 is 4.98 Å². The molecule has 2 aromatic carbocycles. The van der Waals surface area contributed by atoms with Crippen LogP contribution in [0.5, 0.6) is 0 Å². The average molecular weight is 313 g/mol. The molecule has 0 radical (unpaired) electrons. The lowest BCUT2D eigenvalue weighted by Crippen LogP contribution is -2.29. The number of fused-ring (bicyclic) bond motifs is 4. The first-order valence-corrected chi connectivity index (χ1v) is 8.51. The highest BCUT2D eigenvalue weighted by atomic mass is 15.1. The molecule has 1 aliphatic heterocycles. The molecule has 1 aliphatic rings. The second-order valence-electron chi connectivity index (χ2n) is 6.62. The predicted molar refractivity (Wildman–Crippen MR) is 97.9 cm³/mol. The van der Waals surface area contributed by atoms with Gasteiger partial charge in [0.1, 0.15) is 0 Å². The number of aromatic nitrogens is 2. The summed E-state index contributed by atoms with van der Waals surface area (Å²) in [5.41, 5.74) is 6.48. The molecule has 3 heterocycles. The Balaban J connectivity index is 1.42. The fourth-order valence-electron chi connectivity index (χ4n) is 3.85. The van der Waals surface area contributed by atoms with Gasteiger partial charge in [-0.3, -0.25) is 9.88 Å². The molecule has 5 rings (SSSR count). The lowest BCUT2D eigenvalue weighted by molar-refractivity contribution is 0.243. The van der Waals surface area contributed by atoms with E-state index in [4.69, 9.17) is 0 Å². The van der Waals surface area contributed by atoms with Crippen molar-refractivity contribution in [1.29, 1.82) is 0 Å². The van der Waals surface area contributed by atoms with E-state index in [0.717, 1.165) is 31.6 Å². The molecule has 0 aliphatic carbocycles. The van der Waals surface area contributed by atoms with Crippen LogP contribution < -0.4 is 0 Å². The molecular weight excluding hydrogens is 294 g/mol. The van der Waals surface area contributed by atoms with Crippen LogP contribution in [0.3, 0.4) is 0 Å². The third-order valence-corrected chi connectivity index (χ3v) is 5.02. The molecule has 0 atom stereocenters. The summed E-state index contributed by atoms with van der Waals surface area (Å²) in [7, 11) is 0. The molecule has 0 fully saturated rings. The zero-order valence-corrected chi connectivity index (χ0v) is 13.5. The third kappa shape index (κ3) is 2.29. The monoisotopic (exact) mass is 313 g/mol. The summed E-state index contributed by atoms with van der Waals surface area (Å²) in [6.45, 7) is 3.03. The maximum Gasteiger partial charge on any atom is 0.0702 e. The van der Waals surface area contributed by atoms with E-state index in [2.05, 4.69) is 63.4 Å². The van der Waals surface area contributed by atoms with Crippen LogP contribution in [0.15, 0.2) is 60.8 Å². The smallest absolute Gasteiger partial charge is 0.0702 e. The van der Waals surface area contributed by atoms with Crippen molar-refractivity contribution in [3.63, 3.8) is 0 Å². The van der Waals surface area contributed by atoms with Crippen molar-refractivity contribution in [2.45, 2.75) is 19.5 Å². The number of pyridine rings is 1. The molecule has 2 aromatic heterocycles. The van der Waals surface area contributed by atoms with E-state index in [1.807, 2.05) is 12.3 Å². The standard InChI is InChI=1S/C21H19N3/c1-3-7-19-16(5-1)11-15(12-22-19)13-24-10-9-18-17-6-2-4-8-20(17)23-21(18)14-24/h1-8,11-12,23H,9-10,13-14H2. The van der Waals surface area contributed by atoms with Crippen LogP contribution in [0.2, 0.25) is 0 Å². The fraction of sp³-hybridized carbons (Fsp3) is 0.190. The first-order valence-electron chi connectivity index (χ1n) is 8.51. The minimum atomic E-state index is 0.951. The van der Waals surface area contributed by atoms with Gasteiger partial charge in [0.05, 0.1) is 5.52 Å². The van der Waals surface area contributed by atoms with E-state index in [1.165, 1.54) is 33.1 Å². The summed E-state index contributed by atoms with van der Waals surface area (Å²) in [6, 6.07) is 19.2. The van der Waals surface area contributed by atoms with Gasteiger partial charge in [-0.25, -0.2) is 0 Å². The number of hydrogen-bond donors (Lipinski definition) is 1. The van der Waals surface area contributed by atoms with Crippen LogP contribution in [0, 0.1) is 0 Å². The molecule has 0 bridgehead atoms. The van der Waals surface area contributed by atoms with Crippen LogP contribution in [-0.4, -0.2) is 21.4 Å². The summed E-state index contributed by atoms with van der Waals surface area (Å²) in [5.74, 6) is 0. The highest BCUT2D eigenvalue weighted by molar-refractivity contribution is 5.84. The van der Waals surface area contributed by atoms with Crippen molar-refractivity contribution in [3.8, 4) is 0 Å². The Hall–Kier alpha value is -2.65. The van der Waals surface area contributed by atoms with Crippen molar-refractivity contribution in [1.82, 2.24) is 14.9 Å². The lowest BCUT2D eigenvalue weighted by atomic mass is 10.0. The van der Waals surface area contributed by atoms with Gasteiger partial charge in [-0.1, -0.05) is 36.4 Å². The number of aromatic amines is 1. The van der Waals surface area contributed by atoms with Gasteiger partial charge in [0.25, 0.3) is 0 Å². The maximum absolute atomic E-state index is 4.59. The van der Waals surface area contributed by atoms with Crippen molar-refractivity contribution in [2.75, 3.05) is 6.54 Å². The average Bonchev–Trinajstić information content (AvgIpc) is 2.99. The first kappa shape index (κ1) is 13.8. The van der Waals surface area contributed by atoms with Crippen LogP contribution >= 0.6 is 0 Å². The van der Waals surface area contributed by atoms with Gasteiger partial charge >= 0.3 is 0 Å². The van der Waals surface area contributed by atoms with Crippen LogP contribution in [-0.2, 0) is 19.5 Å². The zero-order chi connectivity index (χ0) is 15.9. The van der Waals surface area contributed by atoms with Crippen LogP contribution in [0.1, 0.15) is 16.8 Å². The highest BCUT2D eigenvalue weighted by Crippen LogP contribution is 2.28. The van der Waals surface area contributed by atoms with E-state index in [0.29, 0.717) is 0 Å². The Morgan fingerprint density at radius 1 is 1.04 bits per heavy atom. The molecule has 0 saturated carbocycles. The zero-order valence-electron chi connectivity index (χ0n) is 13.5. The topological polar surface area (TPSA) is 31.9 Å². The van der Waals surface area contributed by atoms with Gasteiger partial charge in [-0.2, -0.15) is 0 Å². The fourth-order valence-corrected chi connectivity index (χ4v) is 3.85. The molecular formula is C21H19N3. The van der Waals surface area contributed by atoms with Gasteiger partial charge in [0.15, 0.2) is 0 Å². The molecule has 0 saturated heterocycles. The third-order valence-electron chi connectivity index (χ3n) is 5.02. The number of nitrogens with one attached hydrogen (secondary N) is 1. The summed E-state index contributed by atoms with van der Waals surface area (Å²) in [4.78, 5) is 10.7. The van der Waals surface area contributed by atoms with E-state index in [1.54, 1.807) is 0 Å². The summed E-state index contributed by atoms with van der Waals surface area (Å²) >= 11 is 0.